The van der Waals surface area contributed by atoms with Crippen LogP contribution in [0.5, 0.6) is 11.5 Å². The number of fused-ring (bicyclic) bond motifs is 1. The van der Waals surface area contributed by atoms with Crippen molar-refractivity contribution in [3.63, 3.8) is 0 Å². The SMILES string of the molecule is CN[C@H]1CCc2c(ccc(OC(=O)CC(C)C)c2OC(=O)CC(C)C)C1. The van der Waals surface area contributed by atoms with E-state index in [4.69, 9.17) is 9.47 Å². The quantitative estimate of drug-likeness (QED) is 0.593. The highest BCUT2D eigenvalue weighted by molar-refractivity contribution is 5.77. The van der Waals surface area contributed by atoms with Crippen LogP contribution in [0.25, 0.3) is 0 Å². The maximum atomic E-state index is 12.3. The van der Waals surface area contributed by atoms with Gasteiger partial charge in [-0.1, -0.05) is 33.8 Å². The molecule has 0 heterocycles. The second-order valence-electron chi connectivity index (χ2n) is 7.90. The molecular weight excluding hydrogens is 330 g/mol. The third-order valence-electron chi connectivity index (χ3n) is 4.53. The summed E-state index contributed by atoms with van der Waals surface area (Å²) in [6.07, 6.45) is 3.30. The molecule has 1 N–H and O–H groups in total. The lowest BCUT2D eigenvalue weighted by atomic mass is 9.87. The molecule has 1 aliphatic carbocycles. The smallest absolute Gasteiger partial charge is 0.311 e. The van der Waals surface area contributed by atoms with Gasteiger partial charge in [0.25, 0.3) is 0 Å². The normalized spacial score (nSPS) is 16.5. The van der Waals surface area contributed by atoms with Crippen LogP contribution in [0.3, 0.4) is 0 Å². The molecule has 0 radical (unpaired) electrons. The lowest BCUT2D eigenvalue weighted by Gasteiger charge is -2.26. The minimum Gasteiger partial charge on any atom is -0.422 e. The zero-order valence-electron chi connectivity index (χ0n) is 16.6. The molecule has 1 atom stereocenters. The van der Waals surface area contributed by atoms with E-state index in [1.54, 1.807) is 6.07 Å². The topological polar surface area (TPSA) is 64.6 Å². The van der Waals surface area contributed by atoms with Crippen molar-refractivity contribution < 1.29 is 19.1 Å². The van der Waals surface area contributed by atoms with Crippen LogP contribution >= 0.6 is 0 Å². The van der Waals surface area contributed by atoms with Crippen LogP contribution in [0.2, 0.25) is 0 Å². The number of esters is 2. The second kappa shape index (κ2) is 9.17. The van der Waals surface area contributed by atoms with Crippen LogP contribution in [-0.4, -0.2) is 25.0 Å². The molecular formula is C21H31NO4. The molecule has 0 bridgehead atoms. The Balaban J connectivity index is 2.31. The molecule has 0 saturated carbocycles. The summed E-state index contributed by atoms with van der Waals surface area (Å²) < 4.78 is 11.2. The first-order chi connectivity index (χ1) is 12.3. The van der Waals surface area contributed by atoms with E-state index in [1.165, 1.54) is 0 Å². The van der Waals surface area contributed by atoms with Crippen molar-refractivity contribution in [2.24, 2.45) is 11.8 Å². The summed E-state index contributed by atoms with van der Waals surface area (Å²) in [5.74, 6) is 0.621. The predicted octanol–water partition coefficient (Wildman–Crippen LogP) is 3.67. The van der Waals surface area contributed by atoms with Crippen molar-refractivity contribution in [3.05, 3.63) is 23.3 Å². The number of likely N-dealkylation sites (N-methyl/N-ethyl adjacent to an activating group) is 1. The van der Waals surface area contributed by atoms with E-state index >= 15 is 0 Å². The van der Waals surface area contributed by atoms with Crippen molar-refractivity contribution in [2.45, 2.75) is 65.8 Å². The number of nitrogens with one attached hydrogen (secondary N) is 1. The van der Waals surface area contributed by atoms with Crippen molar-refractivity contribution in [1.29, 1.82) is 0 Å². The van der Waals surface area contributed by atoms with Crippen LogP contribution in [0.1, 0.15) is 58.1 Å². The minimum absolute atomic E-state index is 0.211. The summed E-state index contributed by atoms with van der Waals surface area (Å²) in [5, 5.41) is 3.31. The zero-order chi connectivity index (χ0) is 19.3. The molecule has 0 amide bonds. The highest BCUT2D eigenvalue weighted by Crippen LogP contribution is 2.38. The molecule has 1 aliphatic rings. The zero-order valence-corrected chi connectivity index (χ0v) is 16.6. The summed E-state index contributed by atoms with van der Waals surface area (Å²) >= 11 is 0. The molecule has 0 fully saturated rings. The Hall–Kier alpha value is -1.88. The van der Waals surface area contributed by atoms with Gasteiger partial charge in [-0.2, -0.15) is 0 Å². The fourth-order valence-corrected chi connectivity index (χ4v) is 3.22. The van der Waals surface area contributed by atoms with Crippen LogP contribution in [0, 0.1) is 11.8 Å². The predicted molar refractivity (Wildman–Crippen MR) is 101 cm³/mol. The van der Waals surface area contributed by atoms with E-state index in [0.29, 0.717) is 30.4 Å². The highest BCUT2D eigenvalue weighted by Gasteiger charge is 2.26. The maximum absolute atomic E-state index is 12.3. The largest absolute Gasteiger partial charge is 0.422 e. The van der Waals surface area contributed by atoms with Crippen molar-refractivity contribution in [1.82, 2.24) is 5.32 Å². The van der Waals surface area contributed by atoms with Gasteiger partial charge in [0.15, 0.2) is 11.5 Å². The van der Waals surface area contributed by atoms with E-state index in [1.807, 2.05) is 40.8 Å². The number of carbonyl (C=O) groups is 2. The number of ether oxygens (including phenoxy) is 2. The molecule has 5 nitrogen and oxygen atoms in total. The molecule has 5 heteroatoms. The average Bonchev–Trinajstić information content (AvgIpc) is 2.55. The molecule has 0 spiro atoms. The minimum atomic E-state index is -0.301. The van der Waals surface area contributed by atoms with Crippen molar-refractivity contribution in [3.8, 4) is 11.5 Å². The van der Waals surface area contributed by atoms with Gasteiger partial charge in [0.1, 0.15) is 0 Å². The number of benzene rings is 1. The third-order valence-corrected chi connectivity index (χ3v) is 4.53. The van der Waals surface area contributed by atoms with Gasteiger partial charge >= 0.3 is 11.9 Å². The summed E-state index contributed by atoms with van der Waals surface area (Å²) in [5.41, 5.74) is 2.13. The van der Waals surface area contributed by atoms with E-state index in [0.717, 1.165) is 30.4 Å². The second-order valence-corrected chi connectivity index (χ2v) is 7.90. The van der Waals surface area contributed by atoms with Gasteiger partial charge in [-0.3, -0.25) is 9.59 Å². The summed E-state index contributed by atoms with van der Waals surface area (Å²) in [7, 11) is 1.96. The molecule has 1 aromatic carbocycles. The van der Waals surface area contributed by atoms with Gasteiger partial charge in [0.2, 0.25) is 0 Å². The standard InChI is InChI=1S/C21H31NO4/c1-13(2)10-19(23)25-18-9-6-15-12-16(22-5)7-8-17(15)21(18)26-20(24)11-14(3)4/h6,9,13-14,16,22H,7-8,10-12H2,1-5H3/t16-/m0/s1. The third kappa shape index (κ3) is 5.56. The van der Waals surface area contributed by atoms with E-state index in [2.05, 4.69) is 5.32 Å². The lowest BCUT2D eigenvalue weighted by molar-refractivity contribution is -0.138. The van der Waals surface area contributed by atoms with E-state index in [-0.39, 0.29) is 23.8 Å². The Bertz CT molecular complexity index is 652. The van der Waals surface area contributed by atoms with Gasteiger partial charge in [-0.25, -0.2) is 0 Å². The van der Waals surface area contributed by atoms with Gasteiger partial charge in [-0.15, -0.1) is 0 Å². The van der Waals surface area contributed by atoms with E-state index < -0.39 is 0 Å². The van der Waals surface area contributed by atoms with Crippen LogP contribution < -0.4 is 14.8 Å². The molecule has 0 unspecified atom stereocenters. The van der Waals surface area contributed by atoms with Crippen molar-refractivity contribution >= 4 is 11.9 Å². The van der Waals surface area contributed by atoms with Gasteiger partial charge in [-0.05, 0) is 49.8 Å². The summed E-state index contributed by atoms with van der Waals surface area (Å²) in [4.78, 5) is 24.4. The van der Waals surface area contributed by atoms with Gasteiger partial charge < -0.3 is 14.8 Å². The molecule has 0 saturated heterocycles. The Morgan fingerprint density at radius 3 is 2.27 bits per heavy atom. The van der Waals surface area contributed by atoms with Crippen LogP contribution in [-0.2, 0) is 22.4 Å². The maximum Gasteiger partial charge on any atom is 0.311 e. The number of hydrogen-bond acceptors (Lipinski definition) is 5. The average molecular weight is 361 g/mol. The first kappa shape index (κ1) is 20.4. The van der Waals surface area contributed by atoms with E-state index in [9.17, 15) is 9.59 Å². The van der Waals surface area contributed by atoms with Crippen LogP contribution in [0.4, 0.5) is 0 Å². The summed E-state index contributed by atoms with van der Waals surface area (Å²) in [6.45, 7) is 7.89. The molecule has 26 heavy (non-hydrogen) atoms. The lowest BCUT2D eigenvalue weighted by Crippen LogP contribution is -2.32. The first-order valence-corrected chi connectivity index (χ1v) is 9.53. The number of rotatable bonds is 7. The van der Waals surface area contributed by atoms with Crippen LogP contribution in [0.15, 0.2) is 12.1 Å². The molecule has 144 valence electrons. The Morgan fingerprint density at radius 1 is 1.08 bits per heavy atom. The molecule has 1 aromatic rings. The molecule has 0 aliphatic heterocycles. The fraction of sp³-hybridized carbons (Fsp3) is 0.619. The Kier molecular flexibility index (Phi) is 7.21. The monoisotopic (exact) mass is 361 g/mol. The fourth-order valence-electron chi connectivity index (χ4n) is 3.22. The molecule has 2 rings (SSSR count). The number of hydrogen-bond donors (Lipinski definition) is 1. The number of carbonyl (C=O) groups excluding carboxylic acids is 2. The van der Waals surface area contributed by atoms with Crippen molar-refractivity contribution in [2.75, 3.05) is 7.05 Å². The van der Waals surface area contributed by atoms with Gasteiger partial charge in [0, 0.05) is 24.4 Å². The first-order valence-electron chi connectivity index (χ1n) is 9.53. The Morgan fingerprint density at radius 2 is 1.69 bits per heavy atom. The van der Waals surface area contributed by atoms with Gasteiger partial charge in [0.05, 0.1) is 0 Å². The molecule has 0 aromatic heterocycles. The Labute approximate surface area is 156 Å². The highest BCUT2D eigenvalue weighted by atomic mass is 16.6. The summed E-state index contributed by atoms with van der Waals surface area (Å²) in [6, 6.07) is 4.15.